The van der Waals surface area contributed by atoms with E-state index in [-0.39, 0.29) is 11.3 Å². The van der Waals surface area contributed by atoms with Crippen LogP contribution >= 0.6 is 0 Å². The maximum absolute atomic E-state index is 10.9. The predicted octanol–water partition coefficient (Wildman–Crippen LogP) is 1.45. The normalized spacial score (nSPS) is 10.4. The van der Waals surface area contributed by atoms with Crippen LogP contribution in [0.2, 0.25) is 0 Å². The Hall–Kier alpha value is -2.57. The van der Waals surface area contributed by atoms with Crippen LogP contribution in [0, 0.1) is 0 Å². The van der Waals surface area contributed by atoms with Gasteiger partial charge in [-0.05, 0) is 18.9 Å². The smallest absolute Gasteiger partial charge is 0.337 e. The summed E-state index contributed by atoms with van der Waals surface area (Å²) in [5.74, 6) is -0.624. The standard InChI is InChI=1S/C13H17N5O2/c14-11-10(13(19)20)3-5-17-12(11)16-4-1-2-7-18-8-6-15-9-18/h3,5-6,8-9H,1-2,4,7,14H2,(H,16,17)(H,19,20). The van der Waals surface area contributed by atoms with Gasteiger partial charge in [0.25, 0.3) is 0 Å². The zero-order valence-corrected chi connectivity index (χ0v) is 11.0. The third-order valence-corrected chi connectivity index (χ3v) is 2.92. The van der Waals surface area contributed by atoms with E-state index in [1.54, 1.807) is 12.5 Å². The number of anilines is 2. The largest absolute Gasteiger partial charge is 0.478 e. The molecule has 2 heterocycles. The van der Waals surface area contributed by atoms with E-state index in [0.29, 0.717) is 12.4 Å². The molecular weight excluding hydrogens is 258 g/mol. The SMILES string of the molecule is Nc1c(C(=O)O)ccnc1NCCCCn1ccnc1. The minimum Gasteiger partial charge on any atom is -0.478 e. The Morgan fingerprint density at radius 2 is 2.25 bits per heavy atom. The van der Waals surface area contributed by atoms with E-state index >= 15 is 0 Å². The van der Waals surface area contributed by atoms with Crippen molar-refractivity contribution >= 4 is 17.5 Å². The summed E-state index contributed by atoms with van der Waals surface area (Å²) in [7, 11) is 0. The highest BCUT2D eigenvalue weighted by Crippen LogP contribution is 2.19. The summed E-state index contributed by atoms with van der Waals surface area (Å²) in [6.45, 7) is 1.59. The van der Waals surface area contributed by atoms with E-state index in [0.717, 1.165) is 19.4 Å². The maximum Gasteiger partial charge on any atom is 0.337 e. The Balaban J connectivity index is 1.79. The average Bonchev–Trinajstić information content (AvgIpc) is 2.93. The van der Waals surface area contributed by atoms with Crippen LogP contribution in [0.15, 0.2) is 31.0 Å². The summed E-state index contributed by atoms with van der Waals surface area (Å²) in [6, 6.07) is 1.39. The van der Waals surface area contributed by atoms with Crippen LogP contribution in [-0.2, 0) is 6.54 Å². The van der Waals surface area contributed by atoms with E-state index in [1.807, 2.05) is 10.8 Å². The third-order valence-electron chi connectivity index (χ3n) is 2.92. The van der Waals surface area contributed by atoms with Gasteiger partial charge in [-0.15, -0.1) is 0 Å². The summed E-state index contributed by atoms with van der Waals surface area (Å²) in [4.78, 5) is 19.0. The first-order valence-corrected chi connectivity index (χ1v) is 6.36. The molecule has 2 aromatic rings. The number of carboxylic acids is 1. The second-order valence-corrected chi connectivity index (χ2v) is 4.36. The maximum atomic E-state index is 10.9. The van der Waals surface area contributed by atoms with Crippen molar-refractivity contribution in [3.8, 4) is 0 Å². The molecule has 2 rings (SSSR count). The Morgan fingerprint density at radius 1 is 1.40 bits per heavy atom. The number of rotatable bonds is 7. The third kappa shape index (κ3) is 3.47. The monoisotopic (exact) mass is 275 g/mol. The molecule has 0 aliphatic rings. The van der Waals surface area contributed by atoms with Gasteiger partial charge in [0.1, 0.15) is 5.82 Å². The van der Waals surface area contributed by atoms with E-state index in [1.165, 1.54) is 12.3 Å². The highest BCUT2D eigenvalue weighted by molar-refractivity contribution is 5.96. The van der Waals surface area contributed by atoms with Crippen LogP contribution in [0.3, 0.4) is 0 Å². The van der Waals surface area contributed by atoms with Gasteiger partial charge in [-0.3, -0.25) is 0 Å². The van der Waals surface area contributed by atoms with Crippen LogP contribution in [0.1, 0.15) is 23.2 Å². The highest BCUT2D eigenvalue weighted by atomic mass is 16.4. The van der Waals surface area contributed by atoms with E-state index < -0.39 is 5.97 Å². The molecule has 7 nitrogen and oxygen atoms in total. The molecule has 0 saturated heterocycles. The molecule has 0 fully saturated rings. The number of carboxylic acid groups (broad SMARTS) is 1. The van der Waals surface area contributed by atoms with Gasteiger partial charge < -0.3 is 20.7 Å². The first-order valence-electron chi connectivity index (χ1n) is 6.36. The second kappa shape index (κ2) is 6.55. The molecule has 0 aliphatic carbocycles. The first-order chi connectivity index (χ1) is 9.68. The number of hydrogen-bond donors (Lipinski definition) is 3. The molecule has 0 saturated carbocycles. The molecular formula is C13H17N5O2. The van der Waals surface area contributed by atoms with Crippen molar-refractivity contribution < 1.29 is 9.90 Å². The van der Waals surface area contributed by atoms with Crippen LogP contribution < -0.4 is 11.1 Å². The number of aromatic nitrogens is 3. The van der Waals surface area contributed by atoms with Gasteiger partial charge in [0.2, 0.25) is 0 Å². The van der Waals surface area contributed by atoms with Crippen molar-refractivity contribution in [1.82, 2.24) is 14.5 Å². The van der Waals surface area contributed by atoms with Gasteiger partial charge in [-0.1, -0.05) is 0 Å². The number of carbonyl (C=O) groups is 1. The van der Waals surface area contributed by atoms with Crippen LogP contribution in [0.4, 0.5) is 11.5 Å². The molecule has 0 atom stereocenters. The van der Waals surface area contributed by atoms with Gasteiger partial charge in [0, 0.05) is 31.7 Å². The zero-order chi connectivity index (χ0) is 14.4. The first kappa shape index (κ1) is 13.9. The van der Waals surface area contributed by atoms with Crippen molar-refractivity contribution in [2.75, 3.05) is 17.6 Å². The molecule has 0 aromatic carbocycles. The number of nitrogens with two attached hydrogens (primary N) is 1. The number of aryl methyl sites for hydroxylation is 1. The molecule has 0 amide bonds. The summed E-state index contributed by atoms with van der Waals surface area (Å²) in [5.41, 5.74) is 6.00. The summed E-state index contributed by atoms with van der Waals surface area (Å²) in [6.07, 6.45) is 8.80. The molecule has 4 N–H and O–H groups in total. The van der Waals surface area contributed by atoms with Crippen molar-refractivity contribution in [3.63, 3.8) is 0 Å². The van der Waals surface area contributed by atoms with Gasteiger partial charge in [0.15, 0.2) is 0 Å². The van der Waals surface area contributed by atoms with E-state index in [9.17, 15) is 4.79 Å². The number of pyridine rings is 1. The van der Waals surface area contributed by atoms with Crippen molar-refractivity contribution in [3.05, 3.63) is 36.5 Å². The fraction of sp³-hybridized carbons (Fsp3) is 0.308. The lowest BCUT2D eigenvalue weighted by Crippen LogP contribution is -2.10. The number of aromatic carboxylic acids is 1. The summed E-state index contributed by atoms with van der Waals surface area (Å²) >= 11 is 0. The Bertz CT molecular complexity index is 568. The van der Waals surface area contributed by atoms with Gasteiger partial charge in [-0.2, -0.15) is 0 Å². The lowest BCUT2D eigenvalue weighted by atomic mass is 10.2. The second-order valence-electron chi connectivity index (χ2n) is 4.36. The zero-order valence-electron chi connectivity index (χ0n) is 11.0. The minimum absolute atomic E-state index is 0.0703. The lowest BCUT2D eigenvalue weighted by Gasteiger charge is -2.09. The number of nitrogen functional groups attached to an aromatic ring is 1. The molecule has 106 valence electrons. The summed E-state index contributed by atoms with van der Waals surface area (Å²) in [5, 5.41) is 12.0. The number of nitrogens with zero attached hydrogens (tertiary/aromatic N) is 3. The van der Waals surface area contributed by atoms with E-state index in [2.05, 4.69) is 15.3 Å². The van der Waals surface area contributed by atoms with Crippen LogP contribution in [-0.4, -0.2) is 32.2 Å². The molecule has 7 heteroatoms. The van der Waals surface area contributed by atoms with Crippen LogP contribution in [0.25, 0.3) is 0 Å². The molecule has 20 heavy (non-hydrogen) atoms. The van der Waals surface area contributed by atoms with Crippen LogP contribution in [0.5, 0.6) is 0 Å². The molecule has 0 radical (unpaired) electrons. The Labute approximate surface area is 116 Å². The molecule has 0 aliphatic heterocycles. The molecule has 0 bridgehead atoms. The molecule has 0 spiro atoms. The van der Waals surface area contributed by atoms with E-state index in [4.69, 9.17) is 10.8 Å². The Morgan fingerprint density at radius 3 is 2.95 bits per heavy atom. The summed E-state index contributed by atoms with van der Waals surface area (Å²) < 4.78 is 2.01. The molecule has 2 aromatic heterocycles. The van der Waals surface area contributed by atoms with Gasteiger partial charge in [-0.25, -0.2) is 14.8 Å². The Kier molecular flexibility index (Phi) is 4.54. The fourth-order valence-electron chi connectivity index (χ4n) is 1.85. The number of unbranched alkanes of at least 4 members (excludes halogenated alkanes) is 1. The van der Waals surface area contributed by atoms with Crippen molar-refractivity contribution in [2.45, 2.75) is 19.4 Å². The number of hydrogen-bond acceptors (Lipinski definition) is 5. The van der Waals surface area contributed by atoms with Crippen molar-refractivity contribution in [1.29, 1.82) is 0 Å². The van der Waals surface area contributed by atoms with Gasteiger partial charge >= 0.3 is 5.97 Å². The topological polar surface area (TPSA) is 106 Å². The quantitative estimate of drug-likeness (QED) is 0.660. The highest BCUT2D eigenvalue weighted by Gasteiger charge is 2.11. The van der Waals surface area contributed by atoms with Gasteiger partial charge in [0.05, 0.1) is 17.6 Å². The number of imidazole rings is 1. The molecule has 0 unspecified atom stereocenters. The lowest BCUT2D eigenvalue weighted by molar-refractivity contribution is 0.0698. The van der Waals surface area contributed by atoms with Crippen molar-refractivity contribution in [2.24, 2.45) is 0 Å². The average molecular weight is 275 g/mol. The minimum atomic E-state index is -1.05. The number of nitrogens with one attached hydrogen (secondary N) is 1. The fourth-order valence-corrected chi connectivity index (χ4v) is 1.85. The predicted molar refractivity (Wildman–Crippen MR) is 75.6 cm³/mol.